The van der Waals surface area contributed by atoms with Crippen molar-refractivity contribution in [3.05, 3.63) is 29.3 Å². The molecule has 0 aliphatic carbocycles. The molecule has 66 valence electrons. The molecule has 0 saturated carbocycles. The number of aryl methyl sites for hydroxylation is 1. The summed E-state index contributed by atoms with van der Waals surface area (Å²) in [5.41, 5.74) is 8.38. The van der Waals surface area contributed by atoms with Crippen LogP contribution in [0.3, 0.4) is 0 Å². The largest absolute Gasteiger partial charge is 0.399 e. The molecule has 1 unspecified atom stereocenters. The molecule has 0 radical (unpaired) electrons. The van der Waals surface area contributed by atoms with Gasteiger partial charge in [0.15, 0.2) is 0 Å². The average Bonchev–Trinajstić information content (AvgIpc) is 2.03. The maximum absolute atomic E-state index is 9.56. The van der Waals surface area contributed by atoms with Crippen molar-refractivity contribution in [2.45, 2.75) is 26.4 Å². The van der Waals surface area contributed by atoms with Crippen LogP contribution in [0, 0.1) is 6.92 Å². The van der Waals surface area contributed by atoms with Crippen molar-refractivity contribution in [3.63, 3.8) is 0 Å². The van der Waals surface area contributed by atoms with Crippen LogP contribution in [0.15, 0.2) is 18.2 Å². The van der Waals surface area contributed by atoms with Gasteiger partial charge in [-0.15, -0.1) is 0 Å². The Kier molecular flexibility index (Phi) is 2.71. The lowest BCUT2D eigenvalue weighted by molar-refractivity contribution is 0.173. The number of aliphatic hydroxyl groups excluding tert-OH is 1. The van der Waals surface area contributed by atoms with Crippen LogP contribution in [0.2, 0.25) is 0 Å². The van der Waals surface area contributed by atoms with Crippen molar-refractivity contribution in [1.29, 1.82) is 0 Å². The number of rotatable bonds is 2. The molecule has 1 aromatic rings. The molecule has 1 atom stereocenters. The lowest BCUT2D eigenvalue weighted by atomic mass is 10.0. The minimum absolute atomic E-state index is 0.356. The zero-order chi connectivity index (χ0) is 9.14. The Morgan fingerprint density at radius 3 is 2.67 bits per heavy atom. The van der Waals surface area contributed by atoms with E-state index in [1.807, 2.05) is 32.0 Å². The van der Waals surface area contributed by atoms with E-state index in [2.05, 4.69) is 0 Å². The van der Waals surface area contributed by atoms with Crippen LogP contribution in [0.1, 0.15) is 30.6 Å². The summed E-state index contributed by atoms with van der Waals surface area (Å²) >= 11 is 0. The van der Waals surface area contributed by atoms with E-state index < -0.39 is 0 Å². The normalized spacial score (nSPS) is 12.9. The first kappa shape index (κ1) is 9.07. The summed E-state index contributed by atoms with van der Waals surface area (Å²) in [5, 5.41) is 9.56. The highest BCUT2D eigenvalue weighted by molar-refractivity contribution is 5.44. The predicted molar refractivity (Wildman–Crippen MR) is 50.8 cm³/mol. The third kappa shape index (κ3) is 1.77. The van der Waals surface area contributed by atoms with Gasteiger partial charge in [-0.2, -0.15) is 0 Å². The Morgan fingerprint density at radius 2 is 2.17 bits per heavy atom. The third-order valence-electron chi connectivity index (χ3n) is 2.04. The summed E-state index contributed by atoms with van der Waals surface area (Å²) in [6.07, 6.45) is 0.385. The molecule has 0 heterocycles. The van der Waals surface area contributed by atoms with E-state index in [4.69, 9.17) is 5.73 Å². The van der Waals surface area contributed by atoms with Gasteiger partial charge in [0.05, 0.1) is 6.10 Å². The van der Waals surface area contributed by atoms with Gasteiger partial charge >= 0.3 is 0 Å². The van der Waals surface area contributed by atoms with Crippen molar-refractivity contribution in [3.8, 4) is 0 Å². The molecule has 3 N–H and O–H groups in total. The lowest BCUT2D eigenvalue weighted by Gasteiger charge is -2.11. The van der Waals surface area contributed by atoms with Gasteiger partial charge in [0.1, 0.15) is 0 Å². The van der Waals surface area contributed by atoms with Crippen molar-refractivity contribution in [1.82, 2.24) is 0 Å². The highest BCUT2D eigenvalue weighted by Gasteiger charge is 2.06. The molecule has 2 heteroatoms. The summed E-state index contributed by atoms with van der Waals surface area (Å²) in [6, 6.07) is 5.59. The molecule has 1 rings (SSSR count). The summed E-state index contributed by atoms with van der Waals surface area (Å²) in [4.78, 5) is 0. The molecular weight excluding hydrogens is 150 g/mol. The number of aliphatic hydroxyl groups is 1. The minimum Gasteiger partial charge on any atom is -0.399 e. The number of hydrogen-bond donors (Lipinski definition) is 2. The van der Waals surface area contributed by atoms with Crippen LogP contribution < -0.4 is 5.73 Å². The molecule has 0 fully saturated rings. The van der Waals surface area contributed by atoms with Crippen molar-refractivity contribution >= 4 is 5.69 Å². The molecule has 0 aromatic heterocycles. The Bertz CT molecular complexity index is 271. The topological polar surface area (TPSA) is 46.2 Å². The average molecular weight is 165 g/mol. The standard InChI is InChI=1S/C10H15NO/c1-3-10(12)9-5-4-8(11)6-7(9)2/h4-6,10,12H,3,11H2,1-2H3. The number of benzene rings is 1. The fraction of sp³-hybridized carbons (Fsp3) is 0.400. The maximum Gasteiger partial charge on any atom is 0.0790 e. The van der Waals surface area contributed by atoms with Crippen LogP contribution in [0.4, 0.5) is 5.69 Å². The smallest absolute Gasteiger partial charge is 0.0790 e. The summed E-state index contributed by atoms with van der Waals surface area (Å²) in [7, 11) is 0. The van der Waals surface area contributed by atoms with Crippen LogP contribution in [-0.4, -0.2) is 5.11 Å². The van der Waals surface area contributed by atoms with Gasteiger partial charge < -0.3 is 10.8 Å². The van der Waals surface area contributed by atoms with E-state index in [-0.39, 0.29) is 6.10 Å². The second-order valence-corrected chi connectivity index (χ2v) is 3.04. The first-order valence-electron chi connectivity index (χ1n) is 4.19. The summed E-state index contributed by atoms with van der Waals surface area (Å²) in [5.74, 6) is 0. The van der Waals surface area contributed by atoms with Gasteiger partial charge in [0.2, 0.25) is 0 Å². The fourth-order valence-electron chi connectivity index (χ4n) is 1.29. The van der Waals surface area contributed by atoms with E-state index >= 15 is 0 Å². The van der Waals surface area contributed by atoms with Crippen molar-refractivity contribution in [2.24, 2.45) is 0 Å². The van der Waals surface area contributed by atoms with Gasteiger partial charge in [-0.1, -0.05) is 13.0 Å². The molecule has 0 saturated heterocycles. The van der Waals surface area contributed by atoms with E-state index in [1.54, 1.807) is 0 Å². The molecule has 1 aromatic carbocycles. The molecule has 2 nitrogen and oxygen atoms in total. The number of anilines is 1. The van der Waals surface area contributed by atoms with Crippen LogP contribution in [0.25, 0.3) is 0 Å². The van der Waals surface area contributed by atoms with Gasteiger partial charge in [-0.25, -0.2) is 0 Å². The monoisotopic (exact) mass is 165 g/mol. The van der Waals surface area contributed by atoms with E-state index in [0.717, 1.165) is 23.2 Å². The zero-order valence-electron chi connectivity index (χ0n) is 7.54. The quantitative estimate of drug-likeness (QED) is 0.658. The molecule has 0 amide bonds. The number of hydrogen-bond acceptors (Lipinski definition) is 2. The third-order valence-corrected chi connectivity index (χ3v) is 2.04. The molecular formula is C10H15NO. The molecule has 0 aliphatic heterocycles. The predicted octanol–water partition coefficient (Wildman–Crippen LogP) is 2.02. The minimum atomic E-state index is -0.356. The van der Waals surface area contributed by atoms with Gasteiger partial charge in [-0.05, 0) is 36.6 Å². The Labute approximate surface area is 73.0 Å². The van der Waals surface area contributed by atoms with E-state index in [0.29, 0.717) is 0 Å². The van der Waals surface area contributed by atoms with E-state index in [9.17, 15) is 5.11 Å². The van der Waals surface area contributed by atoms with Crippen molar-refractivity contribution in [2.75, 3.05) is 5.73 Å². The molecule has 0 bridgehead atoms. The molecule has 12 heavy (non-hydrogen) atoms. The van der Waals surface area contributed by atoms with Crippen LogP contribution >= 0.6 is 0 Å². The van der Waals surface area contributed by atoms with Gasteiger partial charge in [0, 0.05) is 5.69 Å². The number of nitrogen functional groups attached to an aromatic ring is 1. The van der Waals surface area contributed by atoms with Crippen molar-refractivity contribution < 1.29 is 5.11 Å². The maximum atomic E-state index is 9.56. The first-order valence-corrected chi connectivity index (χ1v) is 4.19. The first-order chi connectivity index (χ1) is 5.65. The van der Waals surface area contributed by atoms with Gasteiger partial charge in [-0.3, -0.25) is 0 Å². The number of nitrogens with two attached hydrogens (primary N) is 1. The Balaban J connectivity index is 3.01. The highest BCUT2D eigenvalue weighted by Crippen LogP contribution is 2.21. The molecule has 0 spiro atoms. The zero-order valence-corrected chi connectivity index (χ0v) is 7.54. The Morgan fingerprint density at radius 1 is 1.50 bits per heavy atom. The van der Waals surface area contributed by atoms with Crippen LogP contribution in [-0.2, 0) is 0 Å². The fourth-order valence-corrected chi connectivity index (χ4v) is 1.29. The van der Waals surface area contributed by atoms with E-state index in [1.165, 1.54) is 0 Å². The van der Waals surface area contributed by atoms with Crippen LogP contribution in [0.5, 0.6) is 0 Å². The Hall–Kier alpha value is -1.02. The summed E-state index contributed by atoms with van der Waals surface area (Å²) < 4.78 is 0. The van der Waals surface area contributed by atoms with Gasteiger partial charge in [0.25, 0.3) is 0 Å². The lowest BCUT2D eigenvalue weighted by Crippen LogP contribution is -1.99. The SMILES string of the molecule is CCC(O)c1ccc(N)cc1C. The molecule has 0 aliphatic rings. The highest BCUT2D eigenvalue weighted by atomic mass is 16.3. The summed E-state index contributed by atoms with van der Waals surface area (Å²) in [6.45, 7) is 3.92. The second-order valence-electron chi connectivity index (χ2n) is 3.04. The second kappa shape index (κ2) is 3.59.